The molecule has 2 aromatic carbocycles. The van der Waals surface area contributed by atoms with Crippen LogP contribution in [0.2, 0.25) is 0 Å². The van der Waals surface area contributed by atoms with Gasteiger partial charge in [0, 0.05) is 18.8 Å². The number of nitrogens with two attached hydrogens (primary N) is 1. The molecule has 0 saturated heterocycles. The summed E-state index contributed by atoms with van der Waals surface area (Å²) in [6, 6.07) is 9.70. The molecule has 0 radical (unpaired) electrons. The van der Waals surface area contributed by atoms with Crippen molar-refractivity contribution >= 4 is 11.6 Å². The number of ether oxygens (including phenoxy) is 1. The zero-order chi connectivity index (χ0) is 23.4. The minimum atomic E-state index is -0.779. The van der Waals surface area contributed by atoms with Gasteiger partial charge in [0.15, 0.2) is 0 Å². The Hall–Kier alpha value is -3.46. The summed E-state index contributed by atoms with van der Waals surface area (Å²) in [5.41, 5.74) is 6.47. The van der Waals surface area contributed by atoms with Gasteiger partial charge in [0.1, 0.15) is 23.1 Å². The average Bonchev–Trinajstić information content (AvgIpc) is 3.04. The smallest absolute Gasteiger partial charge is 0.350 e. The lowest BCUT2D eigenvalue weighted by atomic mass is 10.1. The highest BCUT2D eigenvalue weighted by molar-refractivity contribution is 6.06. The first kappa shape index (κ1) is 23.2. The topological polar surface area (TPSA) is 104 Å². The first-order valence-corrected chi connectivity index (χ1v) is 10.5. The van der Waals surface area contributed by atoms with Crippen molar-refractivity contribution in [3.05, 3.63) is 69.7 Å². The average molecular weight is 442 g/mol. The Balaban J connectivity index is 2.09. The fraction of sp³-hybridized carbons (Fsp3) is 0.348. The molecule has 0 saturated carbocycles. The van der Waals surface area contributed by atoms with Crippen molar-refractivity contribution in [2.24, 2.45) is 12.8 Å². The van der Waals surface area contributed by atoms with Crippen molar-refractivity contribution in [1.29, 1.82) is 0 Å². The molecule has 0 spiro atoms. The van der Waals surface area contributed by atoms with Crippen LogP contribution in [0.1, 0.15) is 48.4 Å². The van der Waals surface area contributed by atoms with E-state index in [0.717, 1.165) is 29.2 Å². The molecule has 170 valence electrons. The second-order valence-electron chi connectivity index (χ2n) is 7.66. The largest absolute Gasteiger partial charge is 0.490 e. The second-order valence-corrected chi connectivity index (χ2v) is 7.66. The molecule has 1 atom stereocenters. The number of para-hydroxylation sites is 1. The maximum Gasteiger partial charge on any atom is 0.350 e. The lowest BCUT2D eigenvalue weighted by molar-refractivity contribution is 0.101. The predicted molar refractivity (Wildman–Crippen MR) is 121 cm³/mol. The first-order chi connectivity index (χ1) is 15.3. The summed E-state index contributed by atoms with van der Waals surface area (Å²) in [7, 11) is 1.51. The Morgan fingerprint density at radius 1 is 1.31 bits per heavy atom. The quantitative estimate of drug-likeness (QED) is 0.558. The van der Waals surface area contributed by atoms with Crippen LogP contribution < -0.4 is 21.5 Å². The summed E-state index contributed by atoms with van der Waals surface area (Å²) in [4.78, 5) is 25.6. The molecule has 0 aliphatic heterocycles. The molecule has 32 heavy (non-hydrogen) atoms. The van der Waals surface area contributed by atoms with Gasteiger partial charge < -0.3 is 15.8 Å². The fourth-order valence-corrected chi connectivity index (χ4v) is 3.38. The summed E-state index contributed by atoms with van der Waals surface area (Å²) in [6.07, 6.45) is 1.40. The van der Waals surface area contributed by atoms with Gasteiger partial charge in [0.25, 0.3) is 5.91 Å². The van der Waals surface area contributed by atoms with Crippen LogP contribution in [0.15, 0.2) is 41.2 Å². The molecule has 3 N–H and O–H groups in total. The Labute approximate surface area is 185 Å². The number of halogens is 1. The lowest BCUT2D eigenvalue weighted by Crippen LogP contribution is -2.24. The molecule has 1 aromatic heterocycles. The molecule has 1 amide bonds. The third-order valence-electron chi connectivity index (χ3n) is 5.19. The van der Waals surface area contributed by atoms with E-state index < -0.39 is 17.4 Å². The normalized spacial score (nSPS) is 11.9. The molecule has 1 heterocycles. The van der Waals surface area contributed by atoms with Crippen molar-refractivity contribution in [3.8, 4) is 11.4 Å². The van der Waals surface area contributed by atoms with E-state index in [-0.39, 0.29) is 29.6 Å². The number of aromatic nitrogens is 3. The van der Waals surface area contributed by atoms with E-state index in [4.69, 9.17) is 10.5 Å². The molecule has 0 fully saturated rings. The van der Waals surface area contributed by atoms with Gasteiger partial charge in [-0.2, -0.15) is 4.68 Å². The van der Waals surface area contributed by atoms with Crippen LogP contribution in [0.4, 0.5) is 10.1 Å². The van der Waals surface area contributed by atoms with Gasteiger partial charge in [-0.25, -0.2) is 9.18 Å². The summed E-state index contributed by atoms with van der Waals surface area (Å²) >= 11 is 0. The van der Waals surface area contributed by atoms with Crippen LogP contribution in [-0.2, 0) is 13.6 Å². The van der Waals surface area contributed by atoms with Gasteiger partial charge >= 0.3 is 5.69 Å². The van der Waals surface area contributed by atoms with Crippen molar-refractivity contribution in [2.75, 3.05) is 5.32 Å². The van der Waals surface area contributed by atoms with E-state index in [1.165, 1.54) is 17.7 Å². The van der Waals surface area contributed by atoms with Crippen LogP contribution in [0.25, 0.3) is 5.69 Å². The van der Waals surface area contributed by atoms with Gasteiger partial charge in [-0.15, -0.1) is 5.10 Å². The third-order valence-corrected chi connectivity index (χ3v) is 5.19. The van der Waals surface area contributed by atoms with Crippen molar-refractivity contribution in [1.82, 2.24) is 14.3 Å². The molecule has 3 rings (SSSR count). The Morgan fingerprint density at radius 2 is 2.03 bits per heavy atom. The number of carbonyl (C=O) groups excluding carboxylic acids is 1. The number of nitrogens with one attached hydrogen (secondary N) is 1. The Morgan fingerprint density at radius 3 is 2.66 bits per heavy atom. The summed E-state index contributed by atoms with van der Waals surface area (Å²) < 4.78 is 23.3. The minimum Gasteiger partial charge on any atom is -0.490 e. The summed E-state index contributed by atoms with van der Waals surface area (Å²) in [5, 5.41) is 6.92. The molecular weight excluding hydrogens is 413 g/mol. The number of carbonyl (C=O) groups is 1. The van der Waals surface area contributed by atoms with Crippen molar-refractivity contribution < 1.29 is 13.9 Å². The number of rotatable bonds is 8. The van der Waals surface area contributed by atoms with E-state index in [0.29, 0.717) is 11.5 Å². The monoisotopic (exact) mass is 441 g/mol. The number of amides is 1. The highest BCUT2D eigenvalue weighted by Crippen LogP contribution is 2.28. The predicted octanol–water partition coefficient (Wildman–Crippen LogP) is 3.30. The van der Waals surface area contributed by atoms with E-state index in [1.54, 1.807) is 12.1 Å². The molecule has 0 bridgehead atoms. The molecule has 0 unspecified atom stereocenters. The Kier molecular flexibility index (Phi) is 7.09. The van der Waals surface area contributed by atoms with Gasteiger partial charge in [-0.3, -0.25) is 9.36 Å². The molecule has 8 nitrogen and oxygen atoms in total. The van der Waals surface area contributed by atoms with Crippen LogP contribution in [0, 0.1) is 12.7 Å². The van der Waals surface area contributed by atoms with Gasteiger partial charge in [0.05, 0.1) is 18.2 Å². The van der Waals surface area contributed by atoms with Crippen LogP contribution in [-0.4, -0.2) is 26.4 Å². The number of anilines is 1. The van der Waals surface area contributed by atoms with Gasteiger partial charge in [0.2, 0.25) is 0 Å². The Bertz CT molecular complexity index is 1180. The number of nitrogens with zero attached hydrogens (tertiary/aromatic N) is 3. The minimum absolute atomic E-state index is 0.0220. The van der Waals surface area contributed by atoms with Gasteiger partial charge in [-0.1, -0.05) is 31.5 Å². The molecular formula is C23H28FN5O3. The maximum absolute atomic E-state index is 15.1. The molecule has 0 aliphatic carbocycles. The zero-order valence-electron chi connectivity index (χ0n) is 18.7. The molecule has 0 aliphatic rings. The van der Waals surface area contributed by atoms with E-state index in [9.17, 15) is 9.59 Å². The third kappa shape index (κ3) is 4.72. The van der Waals surface area contributed by atoms with Crippen LogP contribution in [0.3, 0.4) is 0 Å². The number of hydrogen-bond acceptors (Lipinski definition) is 5. The summed E-state index contributed by atoms with van der Waals surface area (Å²) in [6.45, 7) is 5.77. The van der Waals surface area contributed by atoms with Crippen LogP contribution in [0.5, 0.6) is 5.75 Å². The van der Waals surface area contributed by atoms with Crippen molar-refractivity contribution in [3.63, 3.8) is 0 Å². The van der Waals surface area contributed by atoms with E-state index in [1.807, 2.05) is 32.9 Å². The number of benzene rings is 2. The first-order valence-electron chi connectivity index (χ1n) is 10.5. The van der Waals surface area contributed by atoms with Gasteiger partial charge in [-0.05, 0) is 38.0 Å². The zero-order valence-corrected chi connectivity index (χ0v) is 18.7. The van der Waals surface area contributed by atoms with Crippen LogP contribution >= 0.6 is 0 Å². The van der Waals surface area contributed by atoms with E-state index in [2.05, 4.69) is 10.4 Å². The fourth-order valence-electron chi connectivity index (χ4n) is 3.38. The number of aryl methyl sites for hydroxylation is 1. The SMILES string of the molecule is CCC[C@H](C)Oc1cc(-n2nc(CN)n(C)c2=O)c(F)cc1C(=O)Nc1ccccc1C. The standard InChI is InChI=1S/C23H28FN5O3/c1-5-8-15(3)32-20-12-19(29-23(31)28(4)21(13-25)27-29)17(24)11-16(20)22(30)26-18-10-7-6-9-14(18)2/h6-7,9-12,15H,5,8,13,25H2,1-4H3,(H,26,30)/t15-/m0/s1. The maximum atomic E-state index is 15.1. The van der Waals surface area contributed by atoms with Crippen molar-refractivity contribution in [2.45, 2.75) is 46.3 Å². The molecule has 9 heteroatoms. The highest BCUT2D eigenvalue weighted by atomic mass is 19.1. The summed E-state index contributed by atoms with van der Waals surface area (Å²) in [5.74, 6) is -0.823. The lowest BCUT2D eigenvalue weighted by Gasteiger charge is -2.18. The number of hydrogen-bond donors (Lipinski definition) is 2. The molecule has 3 aromatic rings. The second kappa shape index (κ2) is 9.78. The highest BCUT2D eigenvalue weighted by Gasteiger charge is 2.22. The van der Waals surface area contributed by atoms with E-state index >= 15 is 4.39 Å².